The van der Waals surface area contributed by atoms with Gasteiger partial charge in [0.2, 0.25) is 5.91 Å². The largest absolute Gasteiger partial charge is 0.323 e. The van der Waals surface area contributed by atoms with Crippen LogP contribution in [-0.2, 0) is 15.6 Å². The average Bonchev–Trinajstić information content (AvgIpc) is 2.64. The number of carbonyl (C=O) groups excluding carboxylic acids is 1. The van der Waals surface area contributed by atoms with Crippen LogP contribution in [-0.4, -0.2) is 44.3 Å². The topological polar surface area (TPSA) is 49.4 Å². The summed E-state index contributed by atoms with van der Waals surface area (Å²) in [5.41, 5.74) is -0.406. The van der Waals surface area contributed by atoms with Crippen molar-refractivity contribution in [2.45, 2.75) is 70.6 Å². The molecule has 0 radical (unpaired) electrons. The summed E-state index contributed by atoms with van der Waals surface area (Å²) in [4.78, 5) is 14.8. The fourth-order valence-corrected chi connectivity index (χ4v) is 4.42. The van der Waals surface area contributed by atoms with Crippen LogP contribution in [0.5, 0.6) is 0 Å². The van der Waals surface area contributed by atoms with E-state index in [1.165, 1.54) is 0 Å². The normalized spacial score (nSPS) is 39.8. The van der Waals surface area contributed by atoms with Crippen molar-refractivity contribution in [2.75, 3.05) is 11.5 Å². The van der Waals surface area contributed by atoms with E-state index in [-0.39, 0.29) is 18.1 Å². The van der Waals surface area contributed by atoms with Gasteiger partial charge in [0.1, 0.15) is 0 Å². The highest BCUT2D eigenvalue weighted by Gasteiger charge is 2.48. The lowest BCUT2D eigenvalue weighted by atomic mass is 9.98. The minimum absolute atomic E-state index is 0.166. The molecule has 5 heteroatoms. The van der Waals surface area contributed by atoms with E-state index in [1.54, 1.807) is 0 Å². The van der Waals surface area contributed by atoms with Gasteiger partial charge in [-0.2, -0.15) is 0 Å². The highest BCUT2D eigenvalue weighted by atomic mass is 32.2. The molecule has 0 aromatic heterocycles. The maximum Gasteiger partial charge on any atom is 0.244 e. The molecule has 2 heterocycles. The maximum absolute atomic E-state index is 12.7. The third kappa shape index (κ3) is 2.87. The van der Waals surface area contributed by atoms with Crippen molar-refractivity contribution in [2.24, 2.45) is 0 Å². The minimum Gasteiger partial charge on any atom is -0.323 e. The summed E-state index contributed by atoms with van der Waals surface area (Å²) in [6.07, 6.45) is 4.83. The molecule has 4 nitrogen and oxygen atoms in total. The summed E-state index contributed by atoms with van der Waals surface area (Å²) in [5.74, 6) is 1.73. The van der Waals surface area contributed by atoms with Gasteiger partial charge in [-0.1, -0.05) is 20.3 Å². The number of amides is 1. The van der Waals surface area contributed by atoms with Crippen LogP contribution in [0.25, 0.3) is 0 Å². The summed E-state index contributed by atoms with van der Waals surface area (Å²) < 4.78 is 11.5. The van der Waals surface area contributed by atoms with E-state index in [2.05, 4.69) is 24.1 Å². The predicted octanol–water partition coefficient (Wildman–Crippen LogP) is 1.62. The standard InChI is InChI=1S/C14H26N2O2S/c1-4-6-12-15-14(3,5-2)13(17)16(12)11-7-9-19(18)10-8-11/h11-12,15H,4-10H2,1-3H3. The van der Waals surface area contributed by atoms with Crippen molar-refractivity contribution < 1.29 is 9.00 Å². The number of carbonyl (C=O) groups is 1. The molecular weight excluding hydrogens is 260 g/mol. The number of nitrogens with zero attached hydrogens (tertiary/aromatic N) is 1. The zero-order valence-corrected chi connectivity index (χ0v) is 13.1. The van der Waals surface area contributed by atoms with Gasteiger partial charge in [0.15, 0.2) is 0 Å². The molecule has 0 spiro atoms. The Kier molecular flexibility index (Phi) is 4.66. The quantitative estimate of drug-likeness (QED) is 0.854. The van der Waals surface area contributed by atoms with Gasteiger partial charge in [0.25, 0.3) is 0 Å². The Morgan fingerprint density at radius 2 is 2.00 bits per heavy atom. The maximum atomic E-state index is 12.7. The number of hydrogen-bond donors (Lipinski definition) is 1. The monoisotopic (exact) mass is 286 g/mol. The van der Waals surface area contributed by atoms with Gasteiger partial charge in [-0.05, 0) is 32.6 Å². The van der Waals surface area contributed by atoms with Crippen LogP contribution < -0.4 is 5.32 Å². The lowest BCUT2D eigenvalue weighted by Crippen LogP contribution is -2.47. The molecular formula is C14H26N2O2S. The second kappa shape index (κ2) is 5.92. The Morgan fingerprint density at radius 1 is 1.37 bits per heavy atom. The first-order chi connectivity index (χ1) is 9.01. The Labute approximate surface area is 118 Å². The highest BCUT2D eigenvalue weighted by molar-refractivity contribution is 7.85. The van der Waals surface area contributed by atoms with Crippen LogP contribution in [0.1, 0.15) is 52.9 Å². The molecule has 0 bridgehead atoms. The van der Waals surface area contributed by atoms with E-state index in [4.69, 9.17) is 0 Å². The van der Waals surface area contributed by atoms with Crippen molar-refractivity contribution in [3.63, 3.8) is 0 Å². The van der Waals surface area contributed by atoms with Gasteiger partial charge in [0.05, 0.1) is 11.7 Å². The van der Waals surface area contributed by atoms with Gasteiger partial charge < -0.3 is 4.90 Å². The van der Waals surface area contributed by atoms with E-state index in [9.17, 15) is 9.00 Å². The predicted molar refractivity (Wildman–Crippen MR) is 78.3 cm³/mol. The van der Waals surface area contributed by atoms with E-state index >= 15 is 0 Å². The third-order valence-electron chi connectivity index (χ3n) is 4.55. The van der Waals surface area contributed by atoms with Crippen molar-refractivity contribution in [3.8, 4) is 0 Å². The molecule has 1 N–H and O–H groups in total. The Bertz CT molecular complexity index is 364. The molecule has 0 aromatic carbocycles. The first kappa shape index (κ1) is 15.0. The van der Waals surface area contributed by atoms with Crippen molar-refractivity contribution >= 4 is 16.7 Å². The van der Waals surface area contributed by atoms with Gasteiger partial charge >= 0.3 is 0 Å². The minimum atomic E-state index is -0.667. The SMILES string of the molecule is CCCC1NC(C)(CC)C(=O)N1C1CCS(=O)CC1. The summed E-state index contributed by atoms with van der Waals surface area (Å²) in [7, 11) is -0.667. The zero-order valence-electron chi connectivity index (χ0n) is 12.3. The first-order valence-electron chi connectivity index (χ1n) is 7.47. The molecule has 110 valence electrons. The molecule has 0 aliphatic carbocycles. The van der Waals surface area contributed by atoms with Gasteiger partial charge in [0, 0.05) is 28.3 Å². The molecule has 2 saturated heterocycles. The Hall–Kier alpha value is -0.420. The molecule has 2 unspecified atom stereocenters. The second-order valence-electron chi connectivity index (χ2n) is 5.93. The van der Waals surface area contributed by atoms with Gasteiger partial charge in [-0.15, -0.1) is 0 Å². The molecule has 1 amide bonds. The fourth-order valence-electron chi connectivity index (χ4n) is 3.14. The molecule has 2 aliphatic rings. The van der Waals surface area contributed by atoms with Crippen molar-refractivity contribution in [1.82, 2.24) is 10.2 Å². The Morgan fingerprint density at radius 3 is 2.53 bits per heavy atom. The van der Waals surface area contributed by atoms with E-state index in [0.29, 0.717) is 0 Å². The van der Waals surface area contributed by atoms with Gasteiger partial charge in [-0.3, -0.25) is 14.3 Å². The lowest BCUT2D eigenvalue weighted by molar-refractivity contribution is -0.135. The Balaban J connectivity index is 2.15. The molecule has 2 fully saturated rings. The van der Waals surface area contributed by atoms with Crippen LogP contribution in [0.2, 0.25) is 0 Å². The second-order valence-corrected chi connectivity index (χ2v) is 7.62. The van der Waals surface area contributed by atoms with Crippen LogP contribution in [0.15, 0.2) is 0 Å². The average molecular weight is 286 g/mol. The van der Waals surface area contributed by atoms with E-state index < -0.39 is 16.3 Å². The van der Waals surface area contributed by atoms with E-state index in [1.807, 2.05) is 6.92 Å². The van der Waals surface area contributed by atoms with Crippen LogP contribution in [0.3, 0.4) is 0 Å². The third-order valence-corrected chi connectivity index (χ3v) is 5.93. The smallest absolute Gasteiger partial charge is 0.244 e. The van der Waals surface area contributed by atoms with Crippen LogP contribution >= 0.6 is 0 Å². The molecule has 2 rings (SSSR count). The molecule has 0 aromatic rings. The van der Waals surface area contributed by atoms with Crippen molar-refractivity contribution in [3.05, 3.63) is 0 Å². The highest BCUT2D eigenvalue weighted by Crippen LogP contribution is 2.30. The molecule has 2 atom stereocenters. The number of hydrogen-bond acceptors (Lipinski definition) is 3. The first-order valence-corrected chi connectivity index (χ1v) is 8.96. The molecule has 0 saturated carbocycles. The summed E-state index contributed by atoms with van der Waals surface area (Å²) in [6.45, 7) is 6.23. The summed E-state index contributed by atoms with van der Waals surface area (Å²) in [6, 6.07) is 0.280. The van der Waals surface area contributed by atoms with Crippen LogP contribution in [0, 0.1) is 0 Å². The zero-order chi connectivity index (χ0) is 14.0. The summed E-state index contributed by atoms with van der Waals surface area (Å²) >= 11 is 0. The molecule has 2 aliphatic heterocycles. The fraction of sp³-hybridized carbons (Fsp3) is 0.929. The number of nitrogens with one attached hydrogen (secondary N) is 1. The summed E-state index contributed by atoms with van der Waals surface area (Å²) in [5, 5.41) is 3.53. The van der Waals surface area contributed by atoms with Gasteiger partial charge in [-0.25, -0.2) is 0 Å². The van der Waals surface area contributed by atoms with Crippen molar-refractivity contribution in [1.29, 1.82) is 0 Å². The molecule has 19 heavy (non-hydrogen) atoms. The lowest BCUT2D eigenvalue weighted by Gasteiger charge is -2.35. The van der Waals surface area contributed by atoms with Crippen LogP contribution in [0.4, 0.5) is 0 Å². The number of rotatable bonds is 4. The van der Waals surface area contributed by atoms with E-state index in [0.717, 1.165) is 43.6 Å².